The smallest absolute Gasteiger partial charge is 0.307 e. The van der Waals surface area contributed by atoms with Crippen LogP contribution in [0, 0.1) is 5.82 Å². The number of hydrogen-bond acceptors (Lipinski definition) is 3. The lowest BCUT2D eigenvalue weighted by molar-refractivity contribution is -0.135. The zero-order valence-corrected chi connectivity index (χ0v) is 14.7. The SMILES string of the molecule is CC1=C(CC(=O)O)c2cc(F)ccc2C1=Cc1ccc(S(N)(=O)=O)cc1. The van der Waals surface area contributed by atoms with Gasteiger partial charge in [-0.2, -0.15) is 0 Å². The zero-order chi connectivity index (χ0) is 19.1. The number of fused-ring (bicyclic) bond motifs is 1. The van der Waals surface area contributed by atoms with Gasteiger partial charge in [-0.25, -0.2) is 17.9 Å². The Labute approximate surface area is 150 Å². The molecule has 134 valence electrons. The van der Waals surface area contributed by atoms with Crippen LogP contribution in [0.4, 0.5) is 4.39 Å². The Morgan fingerprint density at radius 2 is 1.81 bits per heavy atom. The maximum absolute atomic E-state index is 13.7. The molecule has 7 heteroatoms. The Kier molecular flexibility index (Phi) is 4.52. The number of carboxylic acid groups (broad SMARTS) is 1. The summed E-state index contributed by atoms with van der Waals surface area (Å²) >= 11 is 0. The lowest BCUT2D eigenvalue weighted by atomic mass is 10.0. The van der Waals surface area contributed by atoms with Crippen LogP contribution < -0.4 is 5.14 Å². The van der Waals surface area contributed by atoms with Crippen molar-refractivity contribution in [3.63, 3.8) is 0 Å². The van der Waals surface area contributed by atoms with Crippen LogP contribution in [0.1, 0.15) is 30.0 Å². The van der Waals surface area contributed by atoms with E-state index in [0.717, 1.165) is 22.3 Å². The maximum Gasteiger partial charge on any atom is 0.307 e. The molecular weight excluding hydrogens is 357 g/mol. The van der Waals surface area contributed by atoms with Gasteiger partial charge in [0.25, 0.3) is 0 Å². The number of sulfonamides is 1. The van der Waals surface area contributed by atoms with Gasteiger partial charge in [0.15, 0.2) is 0 Å². The molecule has 3 N–H and O–H groups in total. The summed E-state index contributed by atoms with van der Waals surface area (Å²) in [5.41, 5.74) is 4.13. The maximum atomic E-state index is 13.7. The molecule has 2 aromatic carbocycles. The van der Waals surface area contributed by atoms with E-state index in [4.69, 9.17) is 10.2 Å². The highest BCUT2D eigenvalue weighted by Crippen LogP contribution is 2.43. The first kappa shape index (κ1) is 18.0. The second-order valence-corrected chi connectivity index (χ2v) is 7.60. The Bertz CT molecular complexity index is 1070. The molecule has 3 rings (SSSR count). The number of nitrogens with two attached hydrogens (primary N) is 1. The van der Waals surface area contributed by atoms with Crippen LogP contribution in [0.5, 0.6) is 0 Å². The number of rotatable bonds is 4. The number of primary sulfonamides is 1. The van der Waals surface area contributed by atoms with Gasteiger partial charge in [-0.05, 0) is 70.7 Å². The van der Waals surface area contributed by atoms with Crippen LogP contribution in [-0.4, -0.2) is 19.5 Å². The first-order valence-corrected chi connectivity index (χ1v) is 9.28. The first-order valence-electron chi connectivity index (χ1n) is 7.73. The number of allylic oxidation sites excluding steroid dienone is 2. The van der Waals surface area contributed by atoms with Crippen LogP contribution in [0.2, 0.25) is 0 Å². The fraction of sp³-hybridized carbons (Fsp3) is 0.105. The van der Waals surface area contributed by atoms with E-state index in [1.165, 1.54) is 24.3 Å². The lowest BCUT2D eigenvalue weighted by Crippen LogP contribution is -2.11. The van der Waals surface area contributed by atoms with Crippen LogP contribution in [0.25, 0.3) is 17.2 Å². The van der Waals surface area contributed by atoms with Crippen molar-refractivity contribution in [1.29, 1.82) is 0 Å². The van der Waals surface area contributed by atoms with E-state index in [0.29, 0.717) is 11.1 Å². The third-order valence-corrected chi connectivity index (χ3v) is 5.23. The van der Waals surface area contributed by atoms with E-state index < -0.39 is 21.8 Å². The van der Waals surface area contributed by atoms with Crippen molar-refractivity contribution in [3.8, 4) is 0 Å². The summed E-state index contributed by atoms with van der Waals surface area (Å²) in [6, 6.07) is 10.3. The predicted molar refractivity (Wildman–Crippen MR) is 96.9 cm³/mol. The molecule has 0 spiro atoms. The molecule has 5 nitrogen and oxygen atoms in total. The summed E-state index contributed by atoms with van der Waals surface area (Å²) in [6.07, 6.45) is 1.61. The average Bonchev–Trinajstić information content (AvgIpc) is 2.79. The molecule has 2 aromatic rings. The molecule has 0 aliphatic heterocycles. The molecule has 0 aromatic heterocycles. The molecule has 0 bridgehead atoms. The molecule has 1 aliphatic carbocycles. The van der Waals surface area contributed by atoms with Gasteiger partial charge in [-0.1, -0.05) is 18.2 Å². The number of carbonyl (C=O) groups is 1. The van der Waals surface area contributed by atoms with Gasteiger partial charge in [0.05, 0.1) is 11.3 Å². The van der Waals surface area contributed by atoms with Gasteiger partial charge in [-0.3, -0.25) is 4.79 Å². The molecule has 0 saturated heterocycles. The Balaban J connectivity index is 2.11. The normalized spacial score (nSPS) is 15.4. The minimum atomic E-state index is -3.77. The number of benzene rings is 2. The highest BCUT2D eigenvalue weighted by Gasteiger charge is 2.25. The van der Waals surface area contributed by atoms with Crippen molar-refractivity contribution in [1.82, 2.24) is 0 Å². The molecule has 1 aliphatic rings. The van der Waals surface area contributed by atoms with Crippen LogP contribution >= 0.6 is 0 Å². The van der Waals surface area contributed by atoms with E-state index in [-0.39, 0.29) is 11.3 Å². The summed E-state index contributed by atoms with van der Waals surface area (Å²) in [4.78, 5) is 11.2. The van der Waals surface area contributed by atoms with E-state index in [1.54, 1.807) is 25.1 Å². The number of aliphatic carboxylic acids is 1. The largest absolute Gasteiger partial charge is 0.481 e. The third-order valence-electron chi connectivity index (χ3n) is 4.30. The average molecular weight is 373 g/mol. The van der Waals surface area contributed by atoms with Gasteiger partial charge >= 0.3 is 5.97 Å². The summed E-state index contributed by atoms with van der Waals surface area (Å²) in [6.45, 7) is 1.79. The van der Waals surface area contributed by atoms with Gasteiger partial charge in [0.1, 0.15) is 5.82 Å². The molecule has 0 fully saturated rings. The lowest BCUT2D eigenvalue weighted by Gasteiger charge is -2.05. The van der Waals surface area contributed by atoms with Crippen molar-refractivity contribution >= 4 is 33.2 Å². The first-order chi connectivity index (χ1) is 12.2. The molecule has 26 heavy (non-hydrogen) atoms. The van der Waals surface area contributed by atoms with Gasteiger partial charge in [0, 0.05) is 0 Å². The molecule has 0 radical (unpaired) electrons. The number of carboxylic acids is 1. The Morgan fingerprint density at radius 1 is 1.15 bits per heavy atom. The van der Waals surface area contributed by atoms with Gasteiger partial charge in [-0.15, -0.1) is 0 Å². The fourth-order valence-corrected chi connectivity index (χ4v) is 3.57. The van der Waals surface area contributed by atoms with Crippen LogP contribution in [0.3, 0.4) is 0 Å². The summed E-state index contributed by atoms with van der Waals surface area (Å²) in [7, 11) is -3.77. The molecule has 0 unspecified atom stereocenters. The molecule has 0 saturated carbocycles. The van der Waals surface area contributed by atoms with Crippen molar-refractivity contribution in [2.24, 2.45) is 5.14 Å². The van der Waals surface area contributed by atoms with Gasteiger partial charge in [0.2, 0.25) is 10.0 Å². The van der Waals surface area contributed by atoms with E-state index >= 15 is 0 Å². The minimum Gasteiger partial charge on any atom is -0.481 e. The second-order valence-electron chi connectivity index (χ2n) is 6.04. The van der Waals surface area contributed by atoms with Crippen molar-refractivity contribution in [2.75, 3.05) is 0 Å². The van der Waals surface area contributed by atoms with Crippen LogP contribution in [-0.2, 0) is 14.8 Å². The summed E-state index contributed by atoms with van der Waals surface area (Å²) in [5.74, 6) is -1.42. The molecule has 0 heterocycles. The highest BCUT2D eigenvalue weighted by atomic mass is 32.2. The second kappa shape index (κ2) is 6.51. The van der Waals surface area contributed by atoms with E-state index in [2.05, 4.69) is 0 Å². The quantitative estimate of drug-likeness (QED) is 0.859. The van der Waals surface area contributed by atoms with E-state index in [9.17, 15) is 17.6 Å². The topological polar surface area (TPSA) is 97.5 Å². The van der Waals surface area contributed by atoms with E-state index in [1.807, 2.05) is 6.08 Å². The standard InChI is InChI=1S/C19H16FNO4S/c1-11-16(8-12-2-5-14(6-3-12)26(21,24)25)15-7-4-13(20)9-18(15)17(11)10-19(22)23/h2-9H,10H2,1H3,(H,22,23)(H2,21,24,25). The number of halogens is 1. The minimum absolute atomic E-state index is 0.00683. The van der Waals surface area contributed by atoms with Crippen LogP contribution in [0.15, 0.2) is 52.9 Å². The predicted octanol–water partition coefficient (Wildman–Crippen LogP) is 3.28. The summed E-state index contributed by atoms with van der Waals surface area (Å²) in [5, 5.41) is 14.2. The monoisotopic (exact) mass is 373 g/mol. The van der Waals surface area contributed by atoms with Gasteiger partial charge < -0.3 is 5.11 Å². The number of hydrogen-bond donors (Lipinski definition) is 2. The zero-order valence-electron chi connectivity index (χ0n) is 13.9. The Hall–Kier alpha value is -2.77. The molecule has 0 atom stereocenters. The highest BCUT2D eigenvalue weighted by molar-refractivity contribution is 7.89. The van der Waals surface area contributed by atoms with Crippen molar-refractivity contribution in [2.45, 2.75) is 18.2 Å². The van der Waals surface area contributed by atoms with Crippen molar-refractivity contribution < 1.29 is 22.7 Å². The molecular formula is C19H16FNO4S. The third kappa shape index (κ3) is 3.44. The van der Waals surface area contributed by atoms with Crippen molar-refractivity contribution in [3.05, 3.63) is 70.5 Å². The summed E-state index contributed by atoms with van der Waals surface area (Å²) < 4.78 is 36.3. The Morgan fingerprint density at radius 3 is 2.38 bits per heavy atom. The fourth-order valence-electron chi connectivity index (χ4n) is 3.05. The molecule has 0 amide bonds.